The van der Waals surface area contributed by atoms with Crippen molar-refractivity contribution in [2.75, 3.05) is 11.4 Å². The predicted octanol–water partition coefficient (Wildman–Crippen LogP) is 4.56. The second kappa shape index (κ2) is 8.54. The maximum Gasteiger partial charge on any atom is 0.278 e. The zero-order valence-corrected chi connectivity index (χ0v) is 19.5. The number of hydrogen-bond acceptors (Lipinski definition) is 4. The first-order valence-corrected chi connectivity index (χ1v) is 12.0. The number of rotatable bonds is 2. The second-order valence-electron chi connectivity index (χ2n) is 9.30. The van der Waals surface area contributed by atoms with Crippen LogP contribution in [0.1, 0.15) is 50.3 Å². The molecule has 1 amide bonds. The zero-order valence-electron chi connectivity index (χ0n) is 19.5. The third-order valence-electron chi connectivity index (χ3n) is 7.41. The molecule has 0 saturated carbocycles. The van der Waals surface area contributed by atoms with Crippen LogP contribution >= 0.6 is 0 Å². The van der Waals surface area contributed by atoms with Crippen molar-refractivity contribution >= 4 is 11.6 Å². The number of pyridine rings is 1. The average Bonchev–Trinajstić information content (AvgIpc) is 3.08. The summed E-state index contributed by atoms with van der Waals surface area (Å²) in [5.74, 6) is -1.09. The number of nitriles is 1. The molecule has 2 aliphatic rings. The van der Waals surface area contributed by atoms with Gasteiger partial charge in [-0.2, -0.15) is 5.26 Å². The number of anilines is 1. The van der Waals surface area contributed by atoms with E-state index in [1.807, 2.05) is 12.1 Å². The smallest absolute Gasteiger partial charge is 0.278 e. The highest BCUT2D eigenvalue weighted by Crippen LogP contribution is 2.44. The number of aryl methyl sites for hydroxylation is 2. The maximum atomic E-state index is 13.7. The van der Waals surface area contributed by atoms with Crippen LogP contribution in [0.4, 0.5) is 5.69 Å². The summed E-state index contributed by atoms with van der Waals surface area (Å²) < 4.78 is 1.78. The van der Waals surface area contributed by atoms with E-state index in [0.717, 1.165) is 12.8 Å². The number of amides is 1. The summed E-state index contributed by atoms with van der Waals surface area (Å²) in [6.45, 7) is 0.341. The van der Waals surface area contributed by atoms with E-state index in [4.69, 9.17) is 0 Å². The van der Waals surface area contributed by atoms with Gasteiger partial charge in [-0.05, 0) is 59.4 Å². The third kappa shape index (κ3) is 3.40. The van der Waals surface area contributed by atoms with Crippen LogP contribution in [-0.2, 0) is 12.8 Å². The Balaban J connectivity index is 1.59. The lowest BCUT2D eigenvalue weighted by molar-refractivity contribution is 0.0946. The Morgan fingerprint density at radius 1 is 0.833 bits per heavy atom. The first-order valence-electron chi connectivity index (χ1n) is 12.0. The highest BCUT2D eigenvalue weighted by atomic mass is 16.3. The van der Waals surface area contributed by atoms with Crippen molar-refractivity contribution in [1.82, 2.24) is 4.57 Å². The van der Waals surface area contributed by atoms with Crippen molar-refractivity contribution < 1.29 is 9.90 Å². The van der Waals surface area contributed by atoms with Crippen LogP contribution in [-0.4, -0.2) is 22.1 Å². The minimum atomic E-state index is -0.586. The first-order chi connectivity index (χ1) is 17.6. The van der Waals surface area contributed by atoms with Crippen molar-refractivity contribution in [2.24, 2.45) is 0 Å². The minimum absolute atomic E-state index is 0.0117. The summed E-state index contributed by atoms with van der Waals surface area (Å²) in [4.78, 5) is 27.7. The summed E-state index contributed by atoms with van der Waals surface area (Å²) in [5.41, 5.74) is 5.39. The van der Waals surface area contributed by atoms with Crippen LogP contribution in [0.25, 0.3) is 0 Å². The molecule has 36 heavy (non-hydrogen) atoms. The molecule has 6 heteroatoms. The Labute approximate surface area is 208 Å². The fraction of sp³-hybridized carbons (Fsp3) is 0.167. The molecule has 1 N–H and O–H groups in total. The Morgan fingerprint density at radius 3 is 2.06 bits per heavy atom. The summed E-state index contributed by atoms with van der Waals surface area (Å²) in [6, 6.07) is 26.7. The SMILES string of the molecule is N#Cc1ccc(N2CC(C3c4ccccc4CCc4ccccc43)n3ccc(=O)c(O)c3C2=O)cc1. The normalized spacial score (nSPS) is 16.9. The number of aromatic nitrogens is 1. The Kier molecular flexibility index (Phi) is 5.19. The van der Waals surface area contributed by atoms with E-state index >= 15 is 0 Å². The summed E-state index contributed by atoms with van der Waals surface area (Å²) >= 11 is 0. The largest absolute Gasteiger partial charge is 0.503 e. The summed E-state index contributed by atoms with van der Waals surface area (Å²) in [7, 11) is 0. The molecule has 0 saturated heterocycles. The van der Waals surface area contributed by atoms with Crippen molar-refractivity contribution in [3.8, 4) is 11.8 Å². The van der Waals surface area contributed by atoms with Gasteiger partial charge in [-0.25, -0.2) is 0 Å². The summed E-state index contributed by atoms with van der Waals surface area (Å²) in [6.07, 6.45) is 3.46. The van der Waals surface area contributed by atoms with Gasteiger partial charge in [0.1, 0.15) is 0 Å². The number of aromatic hydroxyl groups is 1. The van der Waals surface area contributed by atoms with Gasteiger partial charge in [0.05, 0.1) is 17.7 Å². The van der Waals surface area contributed by atoms with E-state index in [0.29, 0.717) is 17.8 Å². The van der Waals surface area contributed by atoms with Gasteiger partial charge in [-0.1, -0.05) is 48.5 Å². The van der Waals surface area contributed by atoms with Crippen LogP contribution in [0.5, 0.6) is 5.75 Å². The molecule has 1 aliphatic carbocycles. The van der Waals surface area contributed by atoms with E-state index in [1.54, 1.807) is 39.9 Å². The monoisotopic (exact) mass is 473 g/mol. The fourth-order valence-corrected chi connectivity index (χ4v) is 5.70. The van der Waals surface area contributed by atoms with Gasteiger partial charge in [0.25, 0.3) is 5.91 Å². The lowest BCUT2D eigenvalue weighted by Gasteiger charge is -2.40. The van der Waals surface area contributed by atoms with E-state index < -0.39 is 17.1 Å². The molecule has 1 aromatic heterocycles. The zero-order chi connectivity index (χ0) is 24.8. The Bertz CT molecular complexity index is 1550. The van der Waals surface area contributed by atoms with E-state index in [2.05, 4.69) is 42.5 Å². The van der Waals surface area contributed by atoms with Crippen molar-refractivity contribution in [2.45, 2.75) is 24.8 Å². The maximum absolute atomic E-state index is 13.7. The molecule has 6 nitrogen and oxygen atoms in total. The molecule has 2 heterocycles. The number of fused-ring (bicyclic) bond motifs is 3. The van der Waals surface area contributed by atoms with E-state index in [-0.39, 0.29) is 17.7 Å². The summed E-state index contributed by atoms with van der Waals surface area (Å²) in [5, 5.41) is 20.0. The number of nitrogens with zero attached hydrogens (tertiary/aromatic N) is 3. The van der Waals surface area contributed by atoms with E-state index in [1.165, 1.54) is 28.3 Å². The molecule has 4 aromatic rings. The molecule has 6 rings (SSSR count). The molecule has 1 atom stereocenters. The van der Waals surface area contributed by atoms with Gasteiger partial charge < -0.3 is 14.6 Å². The molecule has 0 spiro atoms. The molecular formula is C30H23N3O3. The second-order valence-corrected chi connectivity index (χ2v) is 9.30. The molecule has 1 aliphatic heterocycles. The first kappa shape index (κ1) is 21.9. The molecule has 176 valence electrons. The van der Waals surface area contributed by atoms with Gasteiger partial charge in [-0.15, -0.1) is 0 Å². The number of benzene rings is 3. The highest BCUT2D eigenvalue weighted by Gasteiger charge is 2.40. The van der Waals surface area contributed by atoms with E-state index in [9.17, 15) is 20.0 Å². The molecule has 0 fully saturated rings. The van der Waals surface area contributed by atoms with Gasteiger partial charge >= 0.3 is 0 Å². The standard InChI is InChI=1S/C30H23N3O3/c31-17-19-9-13-22(14-10-19)33-18-25(32-16-15-26(34)29(35)28(32)30(33)36)27-23-7-3-1-5-20(23)11-12-21-6-2-4-8-24(21)27/h1-10,13-16,25,27,35H,11-12,18H2. The van der Waals surface area contributed by atoms with Crippen LogP contribution < -0.4 is 10.3 Å². The number of carbonyl (C=O) groups is 1. The number of hydrogen-bond donors (Lipinski definition) is 1. The lowest BCUT2D eigenvalue weighted by Crippen LogP contribution is -2.46. The lowest BCUT2D eigenvalue weighted by atomic mass is 9.81. The minimum Gasteiger partial charge on any atom is -0.503 e. The third-order valence-corrected chi connectivity index (χ3v) is 7.41. The fourth-order valence-electron chi connectivity index (χ4n) is 5.70. The van der Waals surface area contributed by atoms with Gasteiger partial charge in [0, 0.05) is 30.4 Å². The van der Waals surface area contributed by atoms with Gasteiger partial charge in [-0.3, -0.25) is 9.59 Å². The quantitative estimate of drug-likeness (QED) is 0.463. The molecule has 1 unspecified atom stereocenters. The van der Waals surface area contributed by atoms with Crippen LogP contribution in [0.15, 0.2) is 89.9 Å². The molecule has 0 radical (unpaired) electrons. The van der Waals surface area contributed by atoms with Crippen molar-refractivity contribution in [3.05, 3.63) is 129 Å². The Hall–Kier alpha value is -4.63. The molecule has 3 aromatic carbocycles. The van der Waals surface area contributed by atoms with Crippen LogP contribution in [0.3, 0.4) is 0 Å². The van der Waals surface area contributed by atoms with Crippen LogP contribution in [0, 0.1) is 11.3 Å². The van der Waals surface area contributed by atoms with Gasteiger partial charge in [0.15, 0.2) is 11.4 Å². The van der Waals surface area contributed by atoms with Gasteiger partial charge in [0.2, 0.25) is 5.43 Å². The predicted molar refractivity (Wildman–Crippen MR) is 136 cm³/mol. The number of carbonyl (C=O) groups excluding carboxylic acids is 1. The molecular weight excluding hydrogens is 450 g/mol. The topological polar surface area (TPSA) is 86.3 Å². The molecule has 0 bridgehead atoms. The van der Waals surface area contributed by atoms with Crippen molar-refractivity contribution in [1.29, 1.82) is 5.26 Å². The van der Waals surface area contributed by atoms with Crippen molar-refractivity contribution in [3.63, 3.8) is 0 Å². The Morgan fingerprint density at radius 2 is 1.44 bits per heavy atom. The van der Waals surface area contributed by atoms with Crippen LogP contribution in [0.2, 0.25) is 0 Å². The average molecular weight is 474 g/mol. The highest BCUT2D eigenvalue weighted by molar-refractivity contribution is 6.07.